The molecule has 0 heterocycles. The van der Waals surface area contributed by atoms with E-state index in [1.165, 1.54) is 14.2 Å². The van der Waals surface area contributed by atoms with Gasteiger partial charge in [-0.25, -0.2) is 14.4 Å². The molecule has 0 radical (unpaired) electrons. The van der Waals surface area contributed by atoms with E-state index in [2.05, 4.69) is 25.4 Å². The van der Waals surface area contributed by atoms with E-state index in [1.807, 2.05) is 6.92 Å². The molecule has 0 aliphatic heterocycles. The first-order chi connectivity index (χ1) is 11.4. The Morgan fingerprint density at radius 1 is 1.08 bits per heavy atom. The third-order valence-corrected chi connectivity index (χ3v) is 3.86. The molecular weight excluding hydrogens is 318 g/mol. The van der Waals surface area contributed by atoms with Gasteiger partial charge in [0.05, 0.1) is 20.8 Å². The normalized spacial score (nSPS) is 22.9. The number of ether oxygens (including phenoxy) is 3. The smallest absolute Gasteiger partial charge is 0.408 e. The number of nitrogens with one attached hydrogen (secondary N) is 3. The molecule has 138 valence electrons. The van der Waals surface area contributed by atoms with Gasteiger partial charge in [0.2, 0.25) is 0 Å². The lowest BCUT2D eigenvalue weighted by Crippen LogP contribution is -2.64. The Kier molecular flexibility index (Phi) is 8.14. The summed E-state index contributed by atoms with van der Waals surface area (Å²) in [6.45, 7) is 2.30. The highest BCUT2D eigenvalue weighted by atomic mass is 16.6. The number of amides is 3. The summed E-state index contributed by atoms with van der Waals surface area (Å²) in [6, 6.07) is -0.251. The maximum absolute atomic E-state index is 12.0. The molecule has 9 heteroatoms. The van der Waals surface area contributed by atoms with Gasteiger partial charge < -0.3 is 19.5 Å². The first kappa shape index (κ1) is 19.9. The second kappa shape index (κ2) is 9.84. The van der Waals surface area contributed by atoms with Gasteiger partial charge >= 0.3 is 18.3 Å². The summed E-state index contributed by atoms with van der Waals surface area (Å²) in [5.41, 5.74) is -1.04. The first-order valence-electron chi connectivity index (χ1n) is 8.10. The predicted molar refractivity (Wildman–Crippen MR) is 85.5 cm³/mol. The van der Waals surface area contributed by atoms with Crippen LogP contribution in [0.2, 0.25) is 0 Å². The van der Waals surface area contributed by atoms with Gasteiger partial charge in [0.15, 0.2) is 0 Å². The molecule has 0 aromatic carbocycles. The highest BCUT2D eigenvalue weighted by molar-refractivity contribution is 5.72. The Balaban J connectivity index is 2.75. The third kappa shape index (κ3) is 6.51. The molecule has 0 bridgehead atoms. The van der Waals surface area contributed by atoms with Crippen LogP contribution in [-0.4, -0.2) is 50.8 Å². The van der Waals surface area contributed by atoms with Crippen molar-refractivity contribution in [1.29, 1.82) is 0 Å². The lowest BCUT2D eigenvalue weighted by Gasteiger charge is -2.41. The van der Waals surface area contributed by atoms with Crippen molar-refractivity contribution in [3.63, 3.8) is 0 Å². The number of carbonyl (C=O) groups excluding carboxylic acids is 3. The summed E-state index contributed by atoms with van der Waals surface area (Å²) in [5, 5.41) is 8.07. The molecule has 3 N–H and O–H groups in total. The zero-order valence-electron chi connectivity index (χ0n) is 14.5. The summed E-state index contributed by atoms with van der Waals surface area (Å²) < 4.78 is 14.3. The predicted octanol–water partition coefficient (Wildman–Crippen LogP) is 1.86. The lowest BCUT2D eigenvalue weighted by atomic mass is 9.85. The second-order valence-corrected chi connectivity index (χ2v) is 5.74. The highest BCUT2D eigenvalue weighted by Crippen LogP contribution is 2.27. The summed E-state index contributed by atoms with van der Waals surface area (Å²) in [7, 11) is 2.52. The van der Waals surface area contributed by atoms with Crippen molar-refractivity contribution in [3.05, 3.63) is 0 Å². The van der Waals surface area contributed by atoms with E-state index < -0.39 is 23.9 Å². The van der Waals surface area contributed by atoms with Gasteiger partial charge in [0, 0.05) is 12.5 Å². The number of rotatable bonds is 6. The van der Waals surface area contributed by atoms with Gasteiger partial charge in [0.25, 0.3) is 0 Å². The van der Waals surface area contributed by atoms with Gasteiger partial charge in [-0.2, -0.15) is 0 Å². The van der Waals surface area contributed by atoms with Gasteiger partial charge in [-0.1, -0.05) is 13.3 Å². The van der Waals surface area contributed by atoms with E-state index >= 15 is 0 Å². The van der Waals surface area contributed by atoms with Crippen LogP contribution in [0.4, 0.5) is 14.4 Å². The Morgan fingerprint density at radius 2 is 1.75 bits per heavy atom. The highest BCUT2D eigenvalue weighted by Gasteiger charge is 2.40. The quantitative estimate of drug-likeness (QED) is 0.384. The zero-order chi connectivity index (χ0) is 18.0. The topological polar surface area (TPSA) is 115 Å². The molecule has 2 atom stereocenters. The molecule has 24 heavy (non-hydrogen) atoms. The van der Waals surface area contributed by atoms with E-state index in [-0.39, 0.29) is 6.04 Å². The largest absolute Gasteiger partial charge is 0.453 e. The molecule has 9 nitrogen and oxygen atoms in total. The molecule has 2 unspecified atom stereocenters. The van der Waals surface area contributed by atoms with Gasteiger partial charge in [-0.05, 0) is 25.7 Å². The number of methoxy groups -OCH3 is 2. The van der Waals surface area contributed by atoms with Crippen LogP contribution in [0.25, 0.3) is 0 Å². The zero-order valence-corrected chi connectivity index (χ0v) is 14.5. The fourth-order valence-electron chi connectivity index (χ4n) is 2.67. The van der Waals surface area contributed by atoms with E-state index in [4.69, 9.17) is 4.74 Å². The summed E-state index contributed by atoms with van der Waals surface area (Å²) in [5.74, 6) is 0. The molecule has 1 aliphatic carbocycles. The first-order valence-corrected chi connectivity index (χ1v) is 8.10. The van der Waals surface area contributed by atoms with Gasteiger partial charge in [0.1, 0.15) is 5.66 Å². The Bertz CT molecular complexity index is 445. The summed E-state index contributed by atoms with van der Waals surface area (Å²) >= 11 is 0. The summed E-state index contributed by atoms with van der Waals surface area (Å²) in [4.78, 5) is 35.1. The molecule has 1 saturated carbocycles. The van der Waals surface area contributed by atoms with Crippen molar-refractivity contribution >= 4 is 18.3 Å². The molecule has 0 spiro atoms. The standard InChI is InChI=1S/C15H27N3O6/c1-4-5-9-24-14(21)18-15(17-13(20)23-3)8-6-7-11(10-15)16-12(19)22-2/h11H,4-10H2,1-3H3,(H,16,19)(H,17,20)(H,18,21). The number of carbonyl (C=O) groups is 3. The molecule has 1 fully saturated rings. The minimum Gasteiger partial charge on any atom is -0.453 e. The SMILES string of the molecule is CCCCOC(=O)NC1(NC(=O)OC)CCCC(NC(=O)OC)C1. The third-order valence-electron chi connectivity index (χ3n) is 3.86. The molecule has 1 aliphatic rings. The number of hydrogen-bond donors (Lipinski definition) is 3. The van der Waals surface area contributed by atoms with Crippen LogP contribution in [-0.2, 0) is 14.2 Å². The van der Waals surface area contributed by atoms with Crippen molar-refractivity contribution in [1.82, 2.24) is 16.0 Å². The number of alkyl carbamates (subject to hydrolysis) is 3. The van der Waals surface area contributed by atoms with E-state index in [9.17, 15) is 14.4 Å². The van der Waals surface area contributed by atoms with Crippen molar-refractivity contribution in [3.8, 4) is 0 Å². The van der Waals surface area contributed by atoms with Gasteiger partial charge in [-0.15, -0.1) is 0 Å². The van der Waals surface area contributed by atoms with Crippen LogP contribution in [0.5, 0.6) is 0 Å². The minimum atomic E-state index is -1.04. The number of hydrogen-bond acceptors (Lipinski definition) is 6. The molecule has 1 rings (SSSR count). The van der Waals surface area contributed by atoms with Crippen LogP contribution >= 0.6 is 0 Å². The van der Waals surface area contributed by atoms with Gasteiger partial charge in [-0.3, -0.25) is 10.6 Å². The molecule has 0 aromatic rings. The van der Waals surface area contributed by atoms with Crippen LogP contribution in [0, 0.1) is 0 Å². The fourth-order valence-corrected chi connectivity index (χ4v) is 2.67. The maximum Gasteiger partial charge on any atom is 0.408 e. The molecule has 3 amide bonds. The van der Waals surface area contributed by atoms with Crippen LogP contribution in [0.1, 0.15) is 45.4 Å². The number of unbranched alkanes of at least 4 members (excludes halogenated alkanes) is 1. The Hall–Kier alpha value is -2.19. The van der Waals surface area contributed by atoms with Crippen molar-refractivity contribution in [2.45, 2.75) is 57.2 Å². The minimum absolute atomic E-state index is 0.251. The van der Waals surface area contributed by atoms with Crippen molar-refractivity contribution in [2.24, 2.45) is 0 Å². The van der Waals surface area contributed by atoms with Crippen molar-refractivity contribution in [2.75, 3.05) is 20.8 Å². The van der Waals surface area contributed by atoms with E-state index in [0.29, 0.717) is 32.3 Å². The average Bonchev–Trinajstić information content (AvgIpc) is 2.54. The Morgan fingerprint density at radius 3 is 2.38 bits per heavy atom. The second-order valence-electron chi connectivity index (χ2n) is 5.74. The van der Waals surface area contributed by atoms with Crippen LogP contribution in [0.3, 0.4) is 0 Å². The van der Waals surface area contributed by atoms with E-state index in [0.717, 1.165) is 12.8 Å². The molecular formula is C15H27N3O6. The lowest BCUT2D eigenvalue weighted by molar-refractivity contribution is 0.0941. The van der Waals surface area contributed by atoms with Crippen LogP contribution < -0.4 is 16.0 Å². The monoisotopic (exact) mass is 345 g/mol. The van der Waals surface area contributed by atoms with Crippen LogP contribution in [0.15, 0.2) is 0 Å². The summed E-state index contributed by atoms with van der Waals surface area (Å²) in [6.07, 6.45) is 2.05. The fraction of sp³-hybridized carbons (Fsp3) is 0.800. The molecule has 0 aromatic heterocycles. The molecule has 0 saturated heterocycles. The Labute approximate surface area is 141 Å². The average molecular weight is 345 g/mol. The van der Waals surface area contributed by atoms with Crippen molar-refractivity contribution < 1.29 is 28.6 Å². The maximum atomic E-state index is 12.0. The van der Waals surface area contributed by atoms with E-state index in [1.54, 1.807) is 0 Å².